The van der Waals surface area contributed by atoms with Crippen molar-refractivity contribution in [1.82, 2.24) is 24.9 Å². The molecule has 3 rings (SSSR count). The SMILES string of the molecule is Cc1n[nH]c(C)c1[C@@H](C)NC(=O)c1cnc2c(O)cccn2c1=O. The van der Waals surface area contributed by atoms with Crippen LogP contribution < -0.4 is 10.9 Å². The highest BCUT2D eigenvalue weighted by atomic mass is 16.3. The van der Waals surface area contributed by atoms with Crippen LogP contribution in [0.4, 0.5) is 0 Å². The molecule has 0 unspecified atom stereocenters. The number of hydrogen-bond acceptors (Lipinski definition) is 5. The molecule has 24 heavy (non-hydrogen) atoms. The van der Waals surface area contributed by atoms with Gasteiger partial charge in [-0.25, -0.2) is 4.98 Å². The number of aryl methyl sites for hydroxylation is 2. The molecule has 0 aliphatic heterocycles. The summed E-state index contributed by atoms with van der Waals surface area (Å²) >= 11 is 0. The molecule has 0 bridgehead atoms. The van der Waals surface area contributed by atoms with Crippen molar-refractivity contribution in [3.63, 3.8) is 0 Å². The van der Waals surface area contributed by atoms with Gasteiger partial charge in [-0.1, -0.05) is 0 Å². The molecule has 3 aromatic heterocycles. The van der Waals surface area contributed by atoms with Crippen LogP contribution in [0.25, 0.3) is 5.65 Å². The number of hydrogen-bond donors (Lipinski definition) is 3. The third-order valence-corrected chi connectivity index (χ3v) is 3.92. The Morgan fingerprint density at radius 2 is 2.17 bits per heavy atom. The summed E-state index contributed by atoms with van der Waals surface area (Å²) in [6.07, 6.45) is 2.63. The van der Waals surface area contributed by atoms with E-state index in [-0.39, 0.29) is 23.0 Å². The average Bonchev–Trinajstić information content (AvgIpc) is 2.87. The molecule has 3 N–H and O–H groups in total. The molecular weight excluding hydrogens is 310 g/mol. The molecule has 0 fully saturated rings. The van der Waals surface area contributed by atoms with E-state index in [2.05, 4.69) is 20.5 Å². The Kier molecular flexibility index (Phi) is 3.80. The van der Waals surface area contributed by atoms with E-state index in [1.807, 2.05) is 20.8 Å². The van der Waals surface area contributed by atoms with Gasteiger partial charge in [-0.3, -0.25) is 19.1 Å². The predicted octanol–water partition coefficient (Wildman–Crippen LogP) is 1.23. The van der Waals surface area contributed by atoms with Crippen molar-refractivity contribution in [3.05, 3.63) is 57.4 Å². The standard InChI is InChI=1S/C16H17N5O3/c1-8(13-9(2)19-20-10(13)3)18-15(23)11-7-17-14-12(22)5-4-6-21(14)16(11)24/h4-8,22H,1-3H3,(H,18,23)(H,19,20)/t8-/m1/s1. The molecule has 0 spiro atoms. The van der Waals surface area contributed by atoms with E-state index in [1.54, 1.807) is 0 Å². The summed E-state index contributed by atoms with van der Waals surface area (Å²) < 4.78 is 1.14. The van der Waals surface area contributed by atoms with Crippen molar-refractivity contribution < 1.29 is 9.90 Å². The fraction of sp³-hybridized carbons (Fsp3) is 0.250. The predicted molar refractivity (Wildman–Crippen MR) is 87.1 cm³/mol. The lowest BCUT2D eigenvalue weighted by atomic mass is 10.1. The Morgan fingerprint density at radius 1 is 1.42 bits per heavy atom. The van der Waals surface area contributed by atoms with Crippen LogP contribution in [0.1, 0.15) is 40.3 Å². The number of rotatable bonds is 3. The fourth-order valence-electron chi connectivity index (χ4n) is 2.79. The third kappa shape index (κ3) is 2.51. The number of H-pyrrole nitrogens is 1. The molecule has 0 saturated carbocycles. The number of nitrogens with zero attached hydrogens (tertiary/aromatic N) is 3. The minimum absolute atomic E-state index is 0.0937. The number of aromatic hydroxyl groups is 1. The number of carbonyl (C=O) groups is 1. The number of aromatic nitrogens is 4. The van der Waals surface area contributed by atoms with Gasteiger partial charge in [0.05, 0.1) is 11.7 Å². The van der Waals surface area contributed by atoms with Gasteiger partial charge in [0, 0.05) is 23.7 Å². The van der Waals surface area contributed by atoms with Crippen molar-refractivity contribution in [1.29, 1.82) is 0 Å². The van der Waals surface area contributed by atoms with E-state index < -0.39 is 11.5 Å². The summed E-state index contributed by atoms with van der Waals surface area (Å²) in [4.78, 5) is 28.9. The lowest BCUT2D eigenvalue weighted by Crippen LogP contribution is -2.33. The molecule has 3 heterocycles. The zero-order valence-corrected chi connectivity index (χ0v) is 13.5. The van der Waals surface area contributed by atoms with E-state index in [9.17, 15) is 14.7 Å². The first kappa shape index (κ1) is 15.7. The second-order valence-electron chi connectivity index (χ2n) is 5.61. The normalized spacial score (nSPS) is 12.3. The summed E-state index contributed by atoms with van der Waals surface area (Å²) in [6, 6.07) is 2.61. The van der Waals surface area contributed by atoms with Gasteiger partial charge in [0.2, 0.25) is 0 Å². The molecule has 8 nitrogen and oxygen atoms in total. The van der Waals surface area contributed by atoms with Crippen LogP contribution in [-0.4, -0.2) is 30.6 Å². The summed E-state index contributed by atoms with van der Waals surface area (Å²) in [7, 11) is 0. The van der Waals surface area contributed by atoms with Gasteiger partial charge >= 0.3 is 0 Å². The van der Waals surface area contributed by atoms with Crippen molar-refractivity contribution in [3.8, 4) is 5.75 Å². The highest BCUT2D eigenvalue weighted by Crippen LogP contribution is 2.19. The lowest BCUT2D eigenvalue weighted by Gasteiger charge is -2.14. The van der Waals surface area contributed by atoms with Gasteiger partial charge in [-0.2, -0.15) is 5.10 Å². The molecule has 0 radical (unpaired) electrons. The van der Waals surface area contributed by atoms with E-state index >= 15 is 0 Å². The summed E-state index contributed by atoms with van der Waals surface area (Å²) in [5.74, 6) is -0.655. The van der Waals surface area contributed by atoms with Gasteiger partial charge in [-0.15, -0.1) is 0 Å². The first-order chi connectivity index (χ1) is 11.4. The molecule has 0 aromatic carbocycles. The Morgan fingerprint density at radius 3 is 2.83 bits per heavy atom. The van der Waals surface area contributed by atoms with Crippen molar-refractivity contribution in [2.45, 2.75) is 26.8 Å². The summed E-state index contributed by atoms with van der Waals surface area (Å²) in [6.45, 7) is 5.53. The molecule has 1 amide bonds. The first-order valence-corrected chi connectivity index (χ1v) is 7.42. The van der Waals surface area contributed by atoms with Crippen LogP contribution >= 0.6 is 0 Å². The van der Waals surface area contributed by atoms with Gasteiger partial charge < -0.3 is 10.4 Å². The highest BCUT2D eigenvalue weighted by molar-refractivity contribution is 5.94. The molecule has 0 saturated heterocycles. The Bertz CT molecular complexity index is 970. The topological polar surface area (TPSA) is 112 Å². The largest absolute Gasteiger partial charge is 0.504 e. The van der Waals surface area contributed by atoms with Crippen molar-refractivity contribution in [2.75, 3.05) is 0 Å². The molecule has 3 aromatic rings. The smallest absolute Gasteiger partial charge is 0.270 e. The van der Waals surface area contributed by atoms with Crippen LogP contribution in [0.3, 0.4) is 0 Å². The molecule has 124 valence electrons. The summed E-state index contributed by atoms with van der Waals surface area (Å²) in [5, 5.41) is 19.5. The second-order valence-corrected chi connectivity index (χ2v) is 5.61. The molecular formula is C16H17N5O3. The average molecular weight is 327 g/mol. The van der Waals surface area contributed by atoms with E-state index in [1.165, 1.54) is 24.5 Å². The third-order valence-electron chi connectivity index (χ3n) is 3.92. The highest BCUT2D eigenvalue weighted by Gasteiger charge is 2.20. The van der Waals surface area contributed by atoms with Crippen LogP contribution in [-0.2, 0) is 0 Å². The van der Waals surface area contributed by atoms with Crippen LogP contribution in [0, 0.1) is 13.8 Å². The molecule has 1 atom stereocenters. The molecule has 0 aliphatic carbocycles. The van der Waals surface area contributed by atoms with Gasteiger partial charge in [0.15, 0.2) is 11.4 Å². The van der Waals surface area contributed by atoms with Crippen molar-refractivity contribution >= 4 is 11.6 Å². The molecule has 8 heteroatoms. The number of amides is 1. The Balaban J connectivity index is 1.95. The first-order valence-electron chi connectivity index (χ1n) is 7.42. The van der Waals surface area contributed by atoms with Crippen LogP contribution in [0.5, 0.6) is 5.75 Å². The maximum atomic E-state index is 12.5. The second kappa shape index (κ2) is 5.80. The van der Waals surface area contributed by atoms with Gasteiger partial charge in [0.1, 0.15) is 5.56 Å². The molecule has 0 aliphatic rings. The van der Waals surface area contributed by atoms with Crippen molar-refractivity contribution in [2.24, 2.45) is 0 Å². The zero-order valence-electron chi connectivity index (χ0n) is 13.5. The number of aromatic amines is 1. The number of pyridine rings is 1. The van der Waals surface area contributed by atoms with Crippen LogP contribution in [0.2, 0.25) is 0 Å². The van der Waals surface area contributed by atoms with E-state index in [4.69, 9.17) is 0 Å². The monoisotopic (exact) mass is 327 g/mol. The van der Waals surface area contributed by atoms with Gasteiger partial charge in [-0.05, 0) is 32.9 Å². The van der Waals surface area contributed by atoms with Gasteiger partial charge in [0.25, 0.3) is 11.5 Å². The van der Waals surface area contributed by atoms with E-state index in [0.717, 1.165) is 21.4 Å². The Hall–Kier alpha value is -3.16. The fourth-order valence-corrected chi connectivity index (χ4v) is 2.79. The summed E-state index contributed by atoms with van der Waals surface area (Å²) in [5.41, 5.74) is 2.01. The van der Waals surface area contributed by atoms with Crippen LogP contribution in [0.15, 0.2) is 29.3 Å². The lowest BCUT2D eigenvalue weighted by molar-refractivity contribution is 0.0937. The Labute approximate surface area is 137 Å². The maximum Gasteiger partial charge on any atom is 0.270 e. The number of nitrogens with one attached hydrogen (secondary N) is 2. The minimum atomic E-state index is -0.541. The maximum absolute atomic E-state index is 12.5. The van der Waals surface area contributed by atoms with E-state index in [0.29, 0.717) is 0 Å². The zero-order chi connectivity index (χ0) is 17.4. The quantitative estimate of drug-likeness (QED) is 0.670. The number of carbonyl (C=O) groups excluding carboxylic acids is 1. The minimum Gasteiger partial charge on any atom is -0.504 e. The number of fused-ring (bicyclic) bond motifs is 1.